The average molecular weight is 116 g/mol. The predicted molar refractivity (Wildman–Crippen MR) is 24.9 cm³/mol. The van der Waals surface area contributed by atoms with Crippen molar-refractivity contribution in [2.45, 2.75) is 25.6 Å². The van der Waals surface area contributed by atoms with Crippen molar-refractivity contribution in [3.63, 3.8) is 0 Å². The maximum atomic E-state index is 5.07. The molecule has 8 heavy (non-hydrogen) atoms. The third-order valence-electron chi connectivity index (χ3n) is 1.47. The molecule has 0 unspecified atom stereocenters. The summed E-state index contributed by atoms with van der Waals surface area (Å²) in [5.41, 5.74) is 0. The Bertz CT molecular complexity index is 126. The van der Waals surface area contributed by atoms with Crippen LogP contribution >= 0.6 is 0 Å². The molecule has 0 spiro atoms. The molecule has 2 saturated heterocycles. The van der Waals surface area contributed by atoms with Crippen LogP contribution in [0.4, 0.5) is 0 Å². The quantitative estimate of drug-likeness (QED) is 0.491. The van der Waals surface area contributed by atoms with E-state index in [2.05, 4.69) is 0 Å². The van der Waals surface area contributed by atoms with Crippen LogP contribution in [0.25, 0.3) is 0 Å². The van der Waals surface area contributed by atoms with Crippen molar-refractivity contribution in [1.82, 2.24) is 0 Å². The van der Waals surface area contributed by atoms with Crippen LogP contribution in [0.5, 0.6) is 0 Å². The minimum Gasteiger partial charge on any atom is -0.323 e. The second-order valence-electron chi connectivity index (χ2n) is 2.14. The van der Waals surface area contributed by atoms with Crippen LogP contribution in [-0.4, -0.2) is 18.4 Å². The second kappa shape index (κ2) is 0.943. The summed E-state index contributed by atoms with van der Waals surface area (Å²) >= 11 is 0. The van der Waals surface area contributed by atoms with Crippen LogP contribution in [0.15, 0.2) is 0 Å². The van der Waals surface area contributed by atoms with Gasteiger partial charge in [0.25, 0.3) is 5.79 Å². The van der Waals surface area contributed by atoms with Gasteiger partial charge in [-0.3, -0.25) is 9.47 Å². The van der Waals surface area contributed by atoms with E-state index in [4.69, 9.17) is 14.2 Å². The Hall–Kier alpha value is -0.120. The summed E-state index contributed by atoms with van der Waals surface area (Å²) in [6.07, 6.45) is 0. The van der Waals surface area contributed by atoms with Gasteiger partial charge in [-0.25, -0.2) is 0 Å². The second-order valence-corrected chi connectivity index (χ2v) is 2.14. The first-order chi connectivity index (χ1) is 3.72. The van der Waals surface area contributed by atoms with Gasteiger partial charge in [-0.15, -0.1) is 0 Å². The highest BCUT2D eigenvalue weighted by Crippen LogP contribution is 2.67. The van der Waals surface area contributed by atoms with Gasteiger partial charge in [0.2, 0.25) is 0 Å². The fourth-order valence-electron chi connectivity index (χ4n) is 0.849. The molecular formula is C5H8O3. The Balaban J connectivity index is 1.94. The molecule has 3 heteroatoms. The molecule has 0 N–H and O–H groups in total. The molecule has 3 nitrogen and oxygen atoms in total. The number of hydrogen-bond acceptors (Lipinski definition) is 3. The third kappa shape index (κ3) is 0.321. The standard InChI is InChI=1S/C5H8O3/c1-3-6-5-4(2,7-5)8-5/h3H2,1-2H3. The molecule has 0 atom stereocenters. The van der Waals surface area contributed by atoms with Crippen molar-refractivity contribution in [2.75, 3.05) is 6.61 Å². The van der Waals surface area contributed by atoms with E-state index in [0.29, 0.717) is 6.61 Å². The van der Waals surface area contributed by atoms with E-state index in [9.17, 15) is 0 Å². The van der Waals surface area contributed by atoms with Crippen LogP contribution in [0.3, 0.4) is 0 Å². The van der Waals surface area contributed by atoms with E-state index in [0.717, 1.165) is 0 Å². The summed E-state index contributed by atoms with van der Waals surface area (Å²) in [5, 5.41) is 0. The molecule has 2 aliphatic rings. The van der Waals surface area contributed by atoms with Gasteiger partial charge >= 0.3 is 5.97 Å². The first kappa shape index (κ1) is 4.73. The molecule has 0 bridgehead atoms. The molecule has 0 aliphatic carbocycles. The largest absolute Gasteiger partial charge is 0.346 e. The molecule has 0 aromatic rings. The summed E-state index contributed by atoms with van der Waals surface area (Å²) in [4.78, 5) is 0. The monoisotopic (exact) mass is 116 g/mol. The number of fused-ring (bicyclic) bond motifs is 1. The molecule has 0 radical (unpaired) electrons. The van der Waals surface area contributed by atoms with Crippen LogP contribution in [0.2, 0.25) is 0 Å². The van der Waals surface area contributed by atoms with E-state index in [-0.39, 0.29) is 5.79 Å². The summed E-state index contributed by atoms with van der Waals surface area (Å²) in [6, 6.07) is 0. The minimum absolute atomic E-state index is 0.358. The van der Waals surface area contributed by atoms with Gasteiger partial charge in [-0.1, -0.05) is 0 Å². The molecule has 46 valence electrons. The van der Waals surface area contributed by atoms with Gasteiger partial charge in [0.05, 0.1) is 0 Å². The summed E-state index contributed by atoms with van der Waals surface area (Å²) in [5.74, 6) is -0.954. The van der Waals surface area contributed by atoms with Gasteiger partial charge in [0.15, 0.2) is 0 Å². The van der Waals surface area contributed by atoms with Crippen molar-refractivity contribution in [3.8, 4) is 0 Å². The number of epoxide rings is 2. The van der Waals surface area contributed by atoms with E-state index in [1.165, 1.54) is 0 Å². The Morgan fingerprint density at radius 2 is 2.00 bits per heavy atom. The zero-order valence-corrected chi connectivity index (χ0v) is 4.93. The number of rotatable bonds is 2. The number of hydrogen-bond donors (Lipinski definition) is 0. The highest BCUT2D eigenvalue weighted by atomic mass is 17.2. The molecule has 2 rings (SSSR count). The predicted octanol–water partition coefficient (Wildman–Crippen LogP) is 0.453. The molecule has 0 aromatic carbocycles. The zero-order valence-electron chi connectivity index (χ0n) is 4.93. The van der Waals surface area contributed by atoms with Gasteiger partial charge in [-0.2, -0.15) is 0 Å². The van der Waals surface area contributed by atoms with Crippen molar-refractivity contribution in [2.24, 2.45) is 0 Å². The number of ether oxygens (including phenoxy) is 3. The van der Waals surface area contributed by atoms with Crippen molar-refractivity contribution in [1.29, 1.82) is 0 Å². The Kier molecular flexibility index (Phi) is 0.558. The smallest absolute Gasteiger partial charge is 0.323 e. The lowest BCUT2D eigenvalue weighted by Crippen LogP contribution is -2.03. The zero-order chi connectivity index (χ0) is 5.83. The van der Waals surface area contributed by atoms with Gasteiger partial charge < -0.3 is 4.74 Å². The Labute approximate surface area is 47.5 Å². The van der Waals surface area contributed by atoms with Crippen molar-refractivity contribution < 1.29 is 14.2 Å². The van der Waals surface area contributed by atoms with Crippen LogP contribution in [-0.2, 0) is 14.2 Å². The van der Waals surface area contributed by atoms with Crippen molar-refractivity contribution in [3.05, 3.63) is 0 Å². The van der Waals surface area contributed by atoms with E-state index in [1.807, 2.05) is 13.8 Å². The SMILES string of the molecule is CCOC12OC1(C)O2. The topological polar surface area (TPSA) is 34.3 Å². The first-order valence-corrected chi connectivity index (χ1v) is 2.77. The van der Waals surface area contributed by atoms with Gasteiger partial charge in [-0.05, 0) is 13.8 Å². The summed E-state index contributed by atoms with van der Waals surface area (Å²) < 4.78 is 15.0. The average Bonchev–Trinajstić information content (AvgIpc) is 2.25. The highest BCUT2D eigenvalue weighted by Gasteiger charge is 2.91. The lowest BCUT2D eigenvalue weighted by atomic mass is 10.5. The molecule has 0 amide bonds. The van der Waals surface area contributed by atoms with Crippen LogP contribution in [0, 0.1) is 0 Å². The fourth-order valence-corrected chi connectivity index (χ4v) is 0.849. The first-order valence-electron chi connectivity index (χ1n) is 2.77. The van der Waals surface area contributed by atoms with Crippen molar-refractivity contribution >= 4 is 0 Å². The molecule has 0 aromatic heterocycles. The van der Waals surface area contributed by atoms with Gasteiger partial charge in [0, 0.05) is 6.61 Å². The summed E-state index contributed by atoms with van der Waals surface area (Å²) in [6.45, 7) is 4.43. The van der Waals surface area contributed by atoms with Gasteiger partial charge in [0.1, 0.15) is 0 Å². The third-order valence-corrected chi connectivity index (χ3v) is 1.47. The molecule has 2 fully saturated rings. The van der Waals surface area contributed by atoms with Crippen LogP contribution < -0.4 is 0 Å². The maximum Gasteiger partial charge on any atom is 0.346 e. The van der Waals surface area contributed by atoms with E-state index < -0.39 is 5.97 Å². The van der Waals surface area contributed by atoms with Crippen LogP contribution in [0.1, 0.15) is 13.8 Å². The Morgan fingerprint density at radius 1 is 1.50 bits per heavy atom. The summed E-state index contributed by atoms with van der Waals surface area (Å²) in [7, 11) is 0. The molecule has 0 saturated carbocycles. The molecule has 2 aliphatic heterocycles. The fraction of sp³-hybridized carbons (Fsp3) is 1.00. The van der Waals surface area contributed by atoms with E-state index in [1.54, 1.807) is 0 Å². The lowest BCUT2D eigenvalue weighted by Gasteiger charge is -1.96. The maximum absolute atomic E-state index is 5.07. The Morgan fingerprint density at radius 3 is 2.12 bits per heavy atom. The normalized spacial score (nSPS) is 57.8. The lowest BCUT2D eigenvalue weighted by molar-refractivity contribution is -0.207. The molecular weight excluding hydrogens is 108 g/mol. The van der Waals surface area contributed by atoms with E-state index >= 15 is 0 Å². The minimum atomic E-state index is -0.595. The molecule has 2 heterocycles. The highest BCUT2D eigenvalue weighted by molar-refractivity contribution is 5.08.